The summed E-state index contributed by atoms with van der Waals surface area (Å²) in [7, 11) is 0. The van der Waals surface area contributed by atoms with Gasteiger partial charge in [-0.1, -0.05) is 12.8 Å². The summed E-state index contributed by atoms with van der Waals surface area (Å²) in [5.74, 6) is -2.88. The lowest BCUT2D eigenvalue weighted by atomic mass is 9.86. The van der Waals surface area contributed by atoms with Gasteiger partial charge in [0.1, 0.15) is 0 Å². The van der Waals surface area contributed by atoms with Gasteiger partial charge in [0.25, 0.3) is 0 Å². The van der Waals surface area contributed by atoms with Crippen molar-refractivity contribution in [2.24, 2.45) is 5.92 Å². The number of amides is 1. The Labute approximate surface area is 107 Å². The number of carbonyl (C=O) groups is 1. The summed E-state index contributed by atoms with van der Waals surface area (Å²) in [6.07, 6.45) is 3.88. The van der Waals surface area contributed by atoms with Crippen LogP contribution in [0.2, 0.25) is 0 Å². The van der Waals surface area contributed by atoms with Crippen LogP contribution < -0.4 is 5.32 Å². The second-order valence-corrected chi connectivity index (χ2v) is 5.06. The summed E-state index contributed by atoms with van der Waals surface area (Å²) in [4.78, 5) is 11.7. The van der Waals surface area contributed by atoms with Crippen LogP contribution in [0.25, 0.3) is 0 Å². The van der Waals surface area contributed by atoms with Crippen molar-refractivity contribution in [2.75, 3.05) is 13.2 Å². The number of nitrogens with one attached hydrogen (secondary N) is 1. The smallest absolute Gasteiger partial charge is 0.248 e. The summed E-state index contributed by atoms with van der Waals surface area (Å²) < 4.78 is 25.8. The fourth-order valence-corrected chi connectivity index (χ4v) is 2.25. The van der Waals surface area contributed by atoms with E-state index in [1.807, 2.05) is 0 Å². The first-order valence-electron chi connectivity index (χ1n) is 6.81. The predicted molar refractivity (Wildman–Crippen MR) is 65.5 cm³/mol. The first-order chi connectivity index (χ1) is 8.55. The number of alkyl halides is 2. The van der Waals surface area contributed by atoms with Crippen LogP contribution in [0.4, 0.5) is 8.78 Å². The van der Waals surface area contributed by atoms with E-state index in [0.717, 1.165) is 25.7 Å². The van der Waals surface area contributed by atoms with Crippen molar-refractivity contribution in [1.82, 2.24) is 5.32 Å². The van der Waals surface area contributed by atoms with Crippen molar-refractivity contribution in [2.45, 2.75) is 57.3 Å². The second kappa shape index (κ2) is 7.67. The topological polar surface area (TPSA) is 49.3 Å². The Morgan fingerprint density at radius 1 is 1.17 bits per heavy atom. The number of hydrogen-bond acceptors (Lipinski definition) is 2. The van der Waals surface area contributed by atoms with Crippen LogP contribution in [0.3, 0.4) is 0 Å². The third kappa shape index (κ3) is 5.76. The summed E-state index contributed by atoms with van der Waals surface area (Å²) >= 11 is 0. The lowest BCUT2D eigenvalue weighted by Gasteiger charge is -2.27. The van der Waals surface area contributed by atoms with Crippen molar-refractivity contribution >= 4 is 5.91 Å². The van der Waals surface area contributed by atoms with E-state index in [0.29, 0.717) is 19.4 Å². The third-order valence-corrected chi connectivity index (χ3v) is 3.47. The van der Waals surface area contributed by atoms with Crippen molar-refractivity contribution in [3.63, 3.8) is 0 Å². The van der Waals surface area contributed by atoms with Crippen LogP contribution >= 0.6 is 0 Å². The van der Waals surface area contributed by atoms with Crippen molar-refractivity contribution in [3.05, 3.63) is 0 Å². The number of hydrogen-bond donors (Lipinski definition) is 2. The zero-order valence-corrected chi connectivity index (χ0v) is 10.8. The van der Waals surface area contributed by atoms with E-state index in [2.05, 4.69) is 5.32 Å². The molecule has 1 rings (SSSR count). The number of halogens is 2. The van der Waals surface area contributed by atoms with Gasteiger partial charge in [-0.15, -0.1) is 0 Å². The summed E-state index contributed by atoms with van der Waals surface area (Å²) in [6.45, 7) is 0.819. The van der Waals surface area contributed by atoms with Gasteiger partial charge in [0.05, 0.1) is 0 Å². The molecule has 0 aliphatic heterocycles. The van der Waals surface area contributed by atoms with Crippen molar-refractivity contribution < 1.29 is 18.7 Å². The molecule has 18 heavy (non-hydrogen) atoms. The lowest BCUT2D eigenvalue weighted by molar-refractivity contribution is -0.129. The van der Waals surface area contributed by atoms with E-state index in [1.165, 1.54) is 0 Å². The molecule has 1 fully saturated rings. The van der Waals surface area contributed by atoms with Gasteiger partial charge < -0.3 is 10.4 Å². The molecule has 0 unspecified atom stereocenters. The van der Waals surface area contributed by atoms with Crippen LogP contribution in [0.5, 0.6) is 0 Å². The lowest BCUT2D eigenvalue weighted by Crippen LogP contribution is -2.36. The number of aliphatic hydroxyl groups is 1. The highest BCUT2D eigenvalue weighted by Gasteiger charge is 2.37. The number of unbranched alkanes of at least 4 members (excludes halogenated alkanes) is 3. The van der Waals surface area contributed by atoms with Gasteiger partial charge in [-0.25, -0.2) is 8.78 Å². The fourth-order valence-electron chi connectivity index (χ4n) is 2.25. The molecule has 0 aromatic heterocycles. The Morgan fingerprint density at radius 2 is 1.78 bits per heavy atom. The molecule has 1 saturated carbocycles. The molecule has 0 saturated heterocycles. The Balaban J connectivity index is 2.07. The SMILES string of the molecule is O=C(NCCCCCCO)C1CCC(F)(F)CC1. The minimum absolute atomic E-state index is 0.0762. The number of aliphatic hydroxyl groups excluding tert-OH is 1. The molecule has 0 bridgehead atoms. The fraction of sp³-hybridized carbons (Fsp3) is 0.923. The van der Waals surface area contributed by atoms with Crippen molar-refractivity contribution in [3.8, 4) is 0 Å². The molecule has 3 nitrogen and oxygen atoms in total. The maximum absolute atomic E-state index is 12.9. The minimum Gasteiger partial charge on any atom is -0.396 e. The molecule has 0 radical (unpaired) electrons. The molecule has 0 spiro atoms. The highest BCUT2D eigenvalue weighted by Crippen LogP contribution is 2.36. The van der Waals surface area contributed by atoms with Gasteiger partial charge in [0, 0.05) is 31.9 Å². The van der Waals surface area contributed by atoms with Crippen molar-refractivity contribution in [1.29, 1.82) is 0 Å². The van der Waals surface area contributed by atoms with Gasteiger partial charge in [-0.2, -0.15) is 0 Å². The number of rotatable bonds is 7. The van der Waals surface area contributed by atoms with Gasteiger partial charge in [0.2, 0.25) is 11.8 Å². The molecule has 0 aromatic rings. The molecule has 0 heterocycles. The second-order valence-electron chi connectivity index (χ2n) is 5.06. The highest BCUT2D eigenvalue weighted by atomic mass is 19.3. The highest BCUT2D eigenvalue weighted by molar-refractivity contribution is 5.78. The molecular weight excluding hydrogens is 240 g/mol. The van der Waals surface area contributed by atoms with Crippen LogP contribution in [-0.4, -0.2) is 30.1 Å². The van der Waals surface area contributed by atoms with Crippen LogP contribution in [0.1, 0.15) is 51.4 Å². The van der Waals surface area contributed by atoms with E-state index in [-0.39, 0.29) is 31.3 Å². The first kappa shape index (κ1) is 15.3. The third-order valence-electron chi connectivity index (χ3n) is 3.47. The maximum atomic E-state index is 12.9. The van der Waals surface area contributed by atoms with E-state index < -0.39 is 5.92 Å². The molecule has 5 heteroatoms. The average molecular weight is 263 g/mol. The average Bonchev–Trinajstić information content (AvgIpc) is 2.33. The molecular formula is C13H23F2NO2. The number of carbonyl (C=O) groups excluding carboxylic acids is 1. The zero-order valence-electron chi connectivity index (χ0n) is 10.8. The van der Waals surface area contributed by atoms with Gasteiger partial charge in [0.15, 0.2) is 0 Å². The summed E-state index contributed by atoms with van der Waals surface area (Å²) in [5.41, 5.74) is 0. The van der Waals surface area contributed by atoms with E-state index >= 15 is 0 Å². The monoisotopic (exact) mass is 263 g/mol. The molecule has 2 N–H and O–H groups in total. The standard InChI is InChI=1S/C13H23F2NO2/c14-13(15)7-5-11(6-8-13)12(18)16-9-3-1-2-4-10-17/h11,17H,1-10H2,(H,16,18). The molecule has 106 valence electrons. The quantitative estimate of drug-likeness (QED) is 0.693. The predicted octanol–water partition coefficient (Wildman–Crippen LogP) is 2.48. The maximum Gasteiger partial charge on any atom is 0.248 e. The van der Waals surface area contributed by atoms with E-state index in [4.69, 9.17) is 5.11 Å². The van der Waals surface area contributed by atoms with Gasteiger partial charge in [-0.05, 0) is 25.7 Å². The first-order valence-corrected chi connectivity index (χ1v) is 6.81. The van der Waals surface area contributed by atoms with Crippen LogP contribution in [0.15, 0.2) is 0 Å². The van der Waals surface area contributed by atoms with Gasteiger partial charge in [-0.3, -0.25) is 4.79 Å². The molecule has 1 amide bonds. The van der Waals surface area contributed by atoms with Crippen LogP contribution in [-0.2, 0) is 4.79 Å². The summed E-state index contributed by atoms with van der Waals surface area (Å²) in [5, 5.41) is 11.4. The van der Waals surface area contributed by atoms with E-state index in [9.17, 15) is 13.6 Å². The van der Waals surface area contributed by atoms with Gasteiger partial charge >= 0.3 is 0 Å². The largest absolute Gasteiger partial charge is 0.396 e. The Bertz CT molecular complexity index is 249. The van der Waals surface area contributed by atoms with E-state index in [1.54, 1.807) is 0 Å². The van der Waals surface area contributed by atoms with Crippen LogP contribution in [0, 0.1) is 5.92 Å². The normalized spacial score (nSPS) is 19.7. The molecule has 1 aliphatic carbocycles. The Morgan fingerprint density at radius 3 is 2.39 bits per heavy atom. The summed E-state index contributed by atoms with van der Waals surface area (Å²) in [6, 6.07) is 0. The Hall–Kier alpha value is -0.710. The molecule has 1 aliphatic rings. The molecule has 0 aromatic carbocycles. The minimum atomic E-state index is -2.57. The Kier molecular flexibility index (Phi) is 6.54. The zero-order chi connectivity index (χ0) is 13.4. The molecule has 0 atom stereocenters.